The summed E-state index contributed by atoms with van der Waals surface area (Å²) in [6.45, 7) is 2.71. The first-order valence-electron chi connectivity index (χ1n) is 6.84. The third kappa shape index (κ3) is 2.05. The molecule has 4 heteroatoms. The summed E-state index contributed by atoms with van der Waals surface area (Å²) in [5, 5.41) is 0. The van der Waals surface area contributed by atoms with Crippen molar-refractivity contribution in [1.82, 2.24) is 9.55 Å². The number of nitrogens with zero attached hydrogens (tertiary/aromatic N) is 2. The summed E-state index contributed by atoms with van der Waals surface area (Å²) >= 11 is 0. The highest BCUT2D eigenvalue weighted by Gasteiger charge is 2.15. The van der Waals surface area contributed by atoms with Gasteiger partial charge in [-0.1, -0.05) is 6.07 Å². The van der Waals surface area contributed by atoms with Crippen LogP contribution in [-0.2, 0) is 6.54 Å². The summed E-state index contributed by atoms with van der Waals surface area (Å²) in [4.78, 5) is 4.70. The Morgan fingerprint density at radius 1 is 1.05 bits per heavy atom. The van der Waals surface area contributed by atoms with Gasteiger partial charge in [0.2, 0.25) is 0 Å². The molecule has 0 aliphatic rings. The minimum atomic E-state index is 0.628. The molecular weight excluding hydrogens is 264 g/mol. The van der Waals surface area contributed by atoms with Crippen LogP contribution in [0.4, 0.5) is 0 Å². The molecule has 0 unspecified atom stereocenters. The molecule has 0 saturated carbocycles. The topological polar surface area (TPSA) is 44.1 Å². The molecule has 4 nitrogen and oxygen atoms in total. The highest BCUT2D eigenvalue weighted by atomic mass is 16.3. The van der Waals surface area contributed by atoms with Gasteiger partial charge in [-0.2, -0.15) is 0 Å². The number of hydrogen-bond acceptors (Lipinski definition) is 3. The summed E-state index contributed by atoms with van der Waals surface area (Å²) in [5.74, 6) is 2.47. The van der Waals surface area contributed by atoms with E-state index in [1.54, 1.807) is 12.5 Å². The molecule has 0 atom stereocenters. The van der Waals surface area contributed by atoms with Gasteiger partial charge in [-0.3, -0.25) is 0 Å². The Morgan fingerprint density at radius 3 is 2.67 bits per heavy atom. The van der Waals surface area contributed by atoms with Gasteiger partial charge in [-0.05, 0) is 48.9 Å². The lowest BCUT2D eigenvalue weighted by Crippen LogP contribution is -2.01. The van der Waals surface area contributed by atoms with Crippen molar-refractivity contribution in [3.63, 3.8) is 0 Å². The second-order valence-electron chi connectivity index (χ2n) is 5.07. The molecule has 0 bridgehead atoms. The maximum absolute atomic E-state index is 5.53. The Labute approximate surface area is 121 Å². The van der Waals surface area contributed by atoms with Crippen molar-refractivity contribution < 1.29 is 8.83 Å². The van der Waals surface area contributed by atoms with E-state index in [1.807, 2.05) is 30.3 Å². The molecule has 0 N–H and O–H groups in total. The number of hydrogen-bond donors (Lipinski definition) is 0. The van der Waals surface area contributed by atoms with E-state index in [2.05, 4.69) is 23.6 Å². The molecule has 4 aromatic rings. The van der Waals surface area contributed by atoms with Crippen LogP contribution in [0, 0.1) is 6.92 Å². The lowest BCUT2D eigenvalue weighted by atomic mass is 10.2. The third-order valence-electron chi connectivity index (χ3n) is 3.54. The summed E-state index contributed by atoms with van der Waals surface area (Å²) in [7, 11) is 0. The predicted molar refractivity (Wildman–Crippen MR) is 80.0 cm³/mol. The van der Waals surface area contributed by atoms with Crippen LogP contribution in [0.3, 0.4) is 0 Å². The fourth-order valence-corrected chi connectivity index (χ4v) is 2.55. The lowest BCUT2D eigenvalue weighted by molar-refractivity contribution is 0.494. The van der Waals surface area contributed by atoms with E-state index in [-0.39, 0.29) is 0 Å². The molecule has 0 fully saturated rings. The van der Waals surface area contributed by atoms with Gasteiger partial charge in [-0.15, -0.1) is 0 Å². The smallest absolute Gasteiger partial charge is 0.177 e. The van der Waals surface area contributed by atoms with Gasteiger partial charge in [0.05, 0.1) is 30.1 Å². The van der Waals surface area contributed by atoms with E-state index in [4.69, 9.17) is 13.8 Å². The average molecular weight is 278 g/mol. The molecule has 0 amide bonds. The standard InChI is InChI=1S/C17H14N2O2/c1-12-6-7-14-15(10-12)19(11-13-4-2-8-20-13)17(18-14)16-5-3-9-21-16/h2-10H,11H2,1H3. The van der Waals surface area contributed by atoms with Crippen molar-refractivity contribution in [3.8, 4) is 11.6 Å². The fraction of sp³-hybridized carbons (Fsp3) is 0.118. The van der Waals surface area contributed by atoms with Crippen LogP contribution in [0.1, 0.15) is 11.3 Å². The number of aryl methyl sites for hydroxylation is 1. The Balaban J connectivity index is 1.95. The second kappa shape index (κ2) is 4.66. The third-order valence-corrected chi connectivity index (χ3v) is 3.54. The molecule has 0 saturated heterocycles. The van der Waals surface area contributed by atoms with Gasteiger partial charge in [0.15, 0.2) is 11.6 Å². The van der Waals surface area contributed by atoms with E-state index < -0.39 is 0 Å². The largest absolute Gasteiger partial charge is 0.467 e. The highest BCUT2D eigenvalue weighted by molar-refractivity contribution is 5.80. The van der Waals surface area contributed by atoms with Crippen molar-refractivity contribution in [1.29, 1.82) is 0 Å². The molecule has 104 valence electrons. The van der Waals surface area contributed by atoms with Crippen LogP contribution in [0.25, 0.3) is 22.6 Å². The lowest BCUT2D eigenvalue weighted by Gasteiger charge is -2.06. The van der Waals surface area contributed by atoms with Crippen molar-refractivity contribution in [2.75, 3.05) is 0 Å². The minimum absolute atomic E-state index is 0.628. The zero-order valence-corrected chi connectivity index (χ0v) is 11.6. The van der Waals surface area contributed by atoms with Crippen LogP contribution in [0.2, 0.25) is 0 Å². The van der Waals surface area contributed by atoms with E-state index in [9.17, 15) is 0 Å². The monoisotopic (exact) mass is 278 g/mol. The van der Waals surface area contributed by atoms with Crippen molar-refractivity contribution >= 4 is 11.0 Å². The first-order chi connectivity index (χ1) is 10.3. The van der Waals surface area contributed by atoms with Gasteiger partial charge in [0.25, 0.3) is 0 Å². The van der Waals surface area contributed by atoms with E-state index >= 15 is 0 Å². The molecular formula is C17H14N2O2. The summed E-state index contributed by atoms with van der Waals surface area (Å²) in [6, 6.07) is 13.9. The number of fused-ring (bicyclic) bond motifs is 1. The SMILES string of the molecule is Cc1ccc2nc(-c3ccco3)n(Cc3ccco3)c2c1. The average Bonchev–Trinajstić information content (AvgIpc) is 3.20. The van der Waals surface area contributed by atoms with Crippen LogP contribution in [-0.4, -0.2) is 9.55 Å². The molecule has 3 aromatic heterocycles. The zero-order chi connectivity index (χ0) is 14.2. The molecule has 0 spiro atoms. The van der Waals surface area contributed by atoms with Gasteiger partial charge >= 0.3 is 0 Å². The van der Waals surface area contributed by atoms with Crippen LogP contribution < -0.4 is 0 Å². The fourth-order valence-electron chi connectivity index (χ4n) is 2.55. The Kier molecular flexibility index (Phi) is 2.67. The Hall–Kier alpha value is -2.75. The summed E-state index contributed by atoms with van der Waals surface area (Å²) in [5.41, 5.74) is 3.24. The molecule has 4 rings (SSSR count). The van der Waals surface area contributed by atoms with Crippen molar-refractivity contribution in [3.05, 3.63) is 66.3 Å². The molecule has 0 radical (unpaired) electrons. The van der Waals surface area contributed by atoms with Gasteiger partial charge in [0.1, 0.15) is 5.76 Å². The maximum atomic E-state index is 5.53. The normalized spacial score (nSPS) is 11.3. The molecule has 21 heavy (non-hydrogen) atoms. The number of furan rings is 2. The highest BCUT2D eigenvalue weighted by Crippen LogP contribution is 2.27. The maximum Gasteiger partial charge on any atom is 0.177 e. The van der Waals surface area contributed by atoms with E-state index in [1.165, 1.54) is 5.56 Å². The Bertz CT molecular complexity index is 871. The molecule has 1 aromatic carbocycles. The van der Waals surface area contributed by atoms with Gasteiger partial charge < -0.3 is 13.4 Å². The van der Waals surface area contributed by atoms with E-state index in [0.29, 0.717) is 6.54 Å². The van der Waals surface area contributed by atoms with Crippen LogP contribution >= 0.6 is 0 Å². The van der Waals surface area contributed by atoms with Gasteiger partial charge in [0, 0.05) is 0 Å². The van der Waals surface area contributed by atoms with Crippen molar-refractivity contribution in [2.24, 2.45) is 0 Å². The molecule has 0 aliphatic heterocycles. The second-order valence-corrected chi connectivity index (χ2v) is 5.07. The van der Waals surface area contributed by atoms with E-state index in [0.717, 1.165) is 28.4 Å². The van der Waals surface area contributed by atoms with Crippen molar-refractivity contribution in [2.45, 2.75) is 13.5 Å². The Morgan fingerprint density at radius 2 is 1.90 bits per heavy atom. The van der Waals surface area contributed by atoms with Gasteiger partial charge in [-0.25, -0.2) is 4.98 Å². The van der Waals surface area contributed by atoms with Crippen LogP contribution in [0.5, 0.6) is 0 Å². The predicted octanol–water partition coefficient (Wildman–Crippen LogP) is 4.25. The minimum Gasteiger partial charge on any atom is -0.467 e. The summed E-state index contributed by atoms with van der Waals surface area (Å²) in [6.07, 6.45) is 3.35. The molecule has 0 aliphatic carbocycles. The van der Waals surface area contributed by atoms with Crippen LogP contribution in [0.15, 0.2) is 63.8 Å². The quantitative estimate of drug-likeness (QED) is 0.563. The number of aromatic nitrogens is 2. The number of imidazole rings is 1. The summed E-state index contributed by atoms with van der Waals surface area (Å²) < 4.78 is 13.1. The molecule has 3 heterocycles. The first kappa shape index (κ1) is 12.0. The number of rotatable bonds is 3. The zero-order valence-electron chi connectivity index (χ0n) is 11.6. The number of benzene rings is 1. The first-order valence-corrected chi connectivity index (χ1v) is 6.84.